The third-order valence-electron chi connectivity index (χ3n) is 3.63. The van der Waals surface area contributed by atoms with Crippen LogP contribution in [0, 0.1) is 0 Å². The molecule has 4 nitrogen and oxygen atoms in total. The first-order valence-corrected chi connectivity index (χ1v) is 7.41. The molecule has 0 aliphatic carbocycles. The lowest BCUT2D eigenvalue weighted by Crippen LogP contribution is -2.26. The Bertz CT molecular complexity index is 645. The van der Waals surface area contributed by atoms with Gasteiger partial charge in [-0.05, 0) is 23.8 Å². The van der Waals surface area contributed by atoms with Crippen molar-refractivity contribution in [1.82, 2.24) is 10.2 Å². The second-order valence-electron chi connectivity index (χ2n) is 5.36. The number of rotatable bonds is 6. The molecule has 0 fully saturated rings. The van der Waals surface area contributed by atoms with E-state index in [0.29, 0.717) is 25.4 Å². The quantitative estimate of drug-likeness (QED) is 0.859. The molecular weight excluding hydrogens is 276 g/mol. The van der Waals surface area contributed by atoms with Crippen molar-refractivity contribution in [2.24, 2.45) is 0 Å². The van der Waals surface area contributed by atoms with Crippen molar-refractivity contribution in [3.05, 3.63) is 83.7 Å². The summed E-state index contributed by atoms with van der Waals surface area (Å²) in [4.78, 5) is 2.10. The van der Waals surface area contributed by atoms with E-state index in [4.69, 9.17) is 4.42 Å². The van der Waals surface area contributed by atoms with Crippen LogP contribution in [0.5, 0.6) is 0 Å². The maximum absolute atomic E-state index is 10.2. The molecule has 4 heteroatoms. The molecule has 114 valence electrons. The number of furan rings is 1. The summed E-state index contributed by atoms with van der Waals surface area (Å²) >= 11 is 0. The summed E-state index contributed by atoms with van der Waals surface area (Å²) in [5.41, 5.74) is 2.16. The number of nitrogens with zero attached hydrogens (tertiary/aromatic N) is 1. The third kappa shape index (κ3) is 3.80. The van der Waals surface area contributed by atoms with E-state index < -0.39 is 0 Å². The predicted octanol–water partition coefficient (Wildman–Crippen LogP) is 3.21. The maximum Gasteiger partial charge on any atom is 0.117 e. The maximum atomic E-state index is 10.2. The minimum atomic E-state index is 0.422. The Morgan fingerprint density at radius 3 is 2.68 bits per heavy atom. The Labute approximate surface area is 130 Å². The Hall–Kier alpha value is -2.46. The zero-order valence-corrected chi connectivity index (χ0v) is 12.4. The minimum Gasteiger partial charge on any atom is -0.510 e. The summed E-state index contributed by atoms with van der Waals surface area (Å²) in [5, 5.41) is 13.5. The van der Waals surface area contributed by atoms with Gasteiger partial charge in [0.1, 0.15) is 11.5 Å². The Morgan fingerprint density at radius 2 is 1.95 bits per heavy atom. The molecule has 0 radical (unpaired) electrons. The van der Waals surface area contributed by atoms with Gasteiger partial charge in [0.05, 0.1) is 19.4 Å². The van der Waals surface area contributed by atoms with Gasteiger partial charge >= 0.3 is 0 Å². The summed E-state index contributed by atoms with van der Waals surface area (Å²) in [6.45, 7) is 2.63. The van der Waals surface area contributed by atoms with Crippen LogP contribution in [0.3, 0.4) is 0 Å². The van der Waals surface area contributed by atoms with E-state index in [0.717, 1.165) is 17.9 Å². The first-order chi connectivity index (χ1) is 10.8. The average Bonchev–Trinajstić information content (AvgIpc) is 3.04. The smallest absolute Gasteiger partial charge is 0.117 e. The van der Waals surface area contributed by atoms with Gasteiger partial charge in [0.25, 0.3) is 0 Å². The number of aliphatic hydroxyl groups excluding tert-OH is 1. The highest BCUT2D eigenvalue weighted by atomic mass is 16.3. The van der Waals surface area contributed by atoms with E-state index >= 15 is 0 Å². The summed E-state index contributed by atoms with van der Waals surface area (Å²) in [7, 11) is 0. The Morgan fingerprint density at radius 1 is 1.09 bits per heavy atom. The van der Waals surface area contributed by atoms with Crippen LogP contribution in [0.25, 0.3) is 0 Å². The van der Waals surface area contributed by atoms with Crippen molar-refractivity contribution in [2.45, 2.75) is 13.1 Å². The highest BCUT2D eigenvalue weighted by molar-refractivity contribution is 5.28. The Kier molecular flexibility index (Phi) is 4.61. The van der Waals surface area contributed by atoms with Crippen molar-refractivity contribution in [1.29, 1.82) is 0 Å². The Balaban J connectivity index is 1.50. The highest BCUT2D eigenvalue weighted by Crippen LogP contribution is 2.15. The molecule has 1 aromatic heterocycles. The molecule has 22 heavy (non-hydrogen) atoms. The molecule has 3 rings (SSSR count). The number of hydrogen-bond acceptors (Lipinski definition) is 4. The summed E-state index contributed by atoms with van der Waals surface area (Å²) < 4.78 is 5.27. The molecule has 0 amide bonds. The van der Waals surface area contributed by atoms with E-state index in [2.05, 4.69) is 22.3 Å². The molecule has 0 saturated carbocycles. The fraction of sp³-hybridized carbons (Fsp3) is 0.222. The number of nitrogens with one attached hydrogen (secondary N) is 1. The van der Waals surface area contributed by atoms with Crippen LogP contribution in [-0.4, -0.2) is 23.1 Å². The van der Waals surface area contributed by atoms with E-state index in [1.54, 1.807) is 6.26 Å². The van der Waals surface area contributed by atoms with Crippen molar-refractivity contribution < 1.29 is 9.52 Å². The van der Waals surface area contributed by atoms with Crippen molar-refractivity contribution in [2.75, 3.05) is 13.1 Å². The van der Waals surface area contributed by atoms with Crippen LogP contribution < -0.4 is 5.32 Å². The SMILES string of the molecule is OC1=C(CNCc2ccco2)C=CN(Cc2ccccc2)C1. The van der Waals surface area contributed by atoms with Gasteiger partial charge in [-0.1, -0.05) is 30.3 Å². The molecule has 0 spiro atoms. The van der Waals surface area contributed by atoms with E-state index in [1.165, 1.54) is 5.56 Å². The first kappa shape index (κ1) is 14.5. The van der Waals surface area contributed by atoms with Gasteiger partial charge in [0.15, 0.2) is 0 Å². The lowest BCUT2D eigenvalue weighted by atomic mass is 10.1. The molecule has 1 aliphatic rings. The van der Waals surface area contributed by atoms with Crippen molar-refractivity contribution >= 4 is 0 Å². The molecule has 1 aliphatic heterocycles. The predicted molar refractivity (Wildman–Crippen MR) is 86.1 cm³/mol. The second-order valence-corrected chi connectivity index (χ2v) is 5.36. The molecule has 1 aromatic carbocycles. The van der Waals surface area contributed by atoms with E-state index in [-0.39, 0.29) is 0 Å². The van der Waals surface area contributed by atoms with Gasteiger partial charge in [-0.25, -0.2) is 0 Å². The highest BCUT2D eigenvalue weighted by Gasteiger charge is 2.13. The van der Waals surface area contributed by atoms with Crippen LogP contribution in [-0.2, 0) is 13.1 Å². The zero-order chi connectivity index (χ0) is 15.2. The van der Waals surface area contributed by atoms with Gasteiger partial charge in [-0.15, -0.1) is 0 Å². The number of hydrogen-bond donors (Lipinski definition) is 2. The fourth-order valence-corrected chi connectivity index (χ4v) is 2.46. The van der Waals surface area contributed by atoms with Gasteiger partial charge in [0.2, 0.25) is 0 Å². The normalized spacial score (nSPS) is 14.6. The fourth-order valence-electron chi connectivity index (χ4n) is 2.46. The van der Waals surface area contributed by atoms with Crippen molar-refractivity contribution in [3.63, 3.8) is 0 Å². The molecule has 2 aromatic rings. The summed E-state index contributed by atoms with van der Waals surface area (Å²) in [5.74, 6) is 1.32. The second kappa shape index (κ2) is 7.00. The van der Waals surface area contributed by atoms with E-state index in [9.17, 15) is 5.11 Å². The molecule has 0 unspecified atom stereocenters. The molecule has 0 atom stereocenters. The van der Waals surface area contributed by atoms with Gasteiger partial charge in [-0.2, -0.15) is 0 Å². The van der Waals surface area contributed by atoms with E-state index in [1.807, 2.05) is 42.6 Å². The topological polar surface area (TPSA) is 48.6 Å². The van der Waals surface area contributed by atoms with Crippen LogP contribution in [0.1, 0.15) is 11.3 Å². The summed E-state index contributed by atoms with van der Waals surface area (Å²) in [6.07, 6.45) is 5.67. The molecule has 2 heterocycles. The molecule has 0 bridgehead atoms. The molecule has 2 N–H and O–H groups in total. The van der Waals surface area contributed by atoms with Crippen molar-refractivity contribution in [3.8, 4) is 0 Å². The average molecular weight is 296 g/mol. The third-order valence-corrected chi connectivity index (χ3v) is 3.63. The molecule has 0 saturated heterocycles. The zero-order valence-electron chi connectivity index (χ0n) is 12.4. The lowest BCUT2D eigenvalue weighted by Gasteiger charge is -2.25. The first-order valence-electron chi connectivity index (χ1n) is 7.41. The van der Waals surface area contributed by atoms with Crippen LogP contribution in [0.15, 0.2) is 76.8 Å². The number of benzene rings is 1. The van der Waals surface area contributed by atoms with Gasteiger partial charge < -0.3 is 19.7 Å². The standard InChI is InChI=1S/C18H20N2O2/c21-18-14-20(13-15-5-2-1-3-6-15)9-8-16(18)11-19-12-17-7-4-10-22-17/h1-10,19,21H,11-14H2. The van der Waals surface area contributed by atoms with Gasteiger partial charge in [-0.3, -0.25) is 0 Å². The summed E-state index contributed by atoms with van der Waals surface area (Å²) in [6, 6.07) is 14.1. The largest absolute Gasteiger partial charge is 0.510 e. The number of aliphatic hydroxyl groups is 1. The monoisotopic (exact) mass is 296 g/mol. The van der Waals surface area contributed by atoms with Gasteiger partial charge in [0, 0.05) is 24.9 Å². The van der Waals surface area contributed by atoms with Crippen LogP contribution in [0.4, 0.5) is 0 Å². The minimum absolute atomic E-state index is 0.422. The molecular formula is C18H20N2O2. The lowest BCUT2D eigenvalue weighted by molar-refractivity contribution is 0.296. The van der Waals surface area contributed by atoms with Crippen LogP contribution in [0.2, 0.25) is 0 Å². The van der Waals surface area contributed by atoms with Crippen LogP contribution >= 0.6 is 0 Å².